The molecule has 15 heavy (non-hydrogen) atoms. The molecule has 2 heterocycles. The predicted octanol–water partition coefficient (Wildman–Crippen LogP) is 0.430. The van der Waals surface area contributed by atoms with E-state index in [1.165, 1.54) is 18.7 Å². The maximum absolute atomic E-state index is 11.8. The Bertz CT molecular complexity index is 582. The minimum atomic E-state index is -0.311. The van der Waals surface area contributed by atoms with Crippen molar-refractivity contribution in [3.05, 3.63) is 29.1 Å². The van der Waals surface area contributed by atoms with Crippen LogP contribution in [0.4, 0.5) is 0 Å². The Morgan fingerprint density at radius 3 is 2.73 bits per heavy atom. The van der Waals surface area contributed by atoms with Crippen molar-refractivity contribution in [3.63, 3.8) is 0 Å². The topological polar surface area (TPSA) is 73.0 Å². The van der Waals surface area contributed by atoms with Crippen LogP contribution in [0, 0.1) is 0 Å². The van der Waals surface area contributed by atoms with Gasteiger partial charge < -0.3 is 0 Å². The summed E-state index contributed by atoms with van der Waals surface area (Å²) in [4.78, 5) is 23.6. The summed E-state index contributed by atoms with van der Waals surface area (Å²) in [7, 11) is 0. The molecule has 0 aliphatic rings. The van der Waals surface area contributed by atoms with E-state index in [2.05, 4.69) is 20.1 Å². The quantitative estimate of drug-likeness (QED) is 0.630. The number of fused-ring (bicyclic) bond motifs is 1. The Morgan fingerprint density at radius 1 is 1.27 bits per heavy atom. The molecule has 0 unspecified atom stereocenters. The van der Waals surface area contributed by atoms with Gasteiger partial charge >= 0.3 is 5.56 Å². The van der Waals surface area contributed by atoms with Crippen molar-refractivity contribution in [2.45, 2.75) is 13.8 Å². The highest BCUT2D eigenvalue weighted by Gasteiger charge is 2.04. The monoisotopic (exact) mass is 203 g/mol. The molecule has 0 fully saturated rings. The van der Waals surface area contributed by atoms with Crippen LogP contribution in [0.3, 0.4) is 0 Å². The van der Waals surface area contributed by atoms with Crippen molar-refractivity contribution in [1.82, 2.24) is 19.6 Å². The fourth-order valence-electron chi connectivity index (χ4n) is 1.13. The van der Waals surface area contributed by atoms with Gasteiger partial charge in [-0.15, -0.1) is 0 Å². The summed E-state index contributed by atoms with van der Waals surface area (Å²) in [6, 6.07) is 0. The Labute approximate surface area is 85.3 Å². The molecular weight excluding hydrogens is 194 g/mol. The number of nitrogens with zero attached hydrogens (tertiary/aromatic N) is 5. The van der Waals surface area contributed by atoms with Gasteiger partial charge in [-0.05, 0) is 13.8 Å². The van der Waals surface area contributed by atoms with Gasteiger partial charge in [0.2, 0.25) is 0 Å². The van der Waals surface area contributed by atoms with Crippen molar-refractivity contribution < 1.29 is 0 Å². The molecule has 2 aromatic rings. The maximum Gasteiger partial charge on any atom is 0.302 e. The SMILES string of the molecule is CC(C)=Nn1cnc2nccnc2c1=O. The first-order valence-electron chi connectivity index (χ1n) is 4.39. The number of hydrogen-bond acceptors (Lipinski definition) is 5. The lowest BCUT2D eigenvalue weighted by molar-refractivity contribution is 0.803. The summed E-state index contributed by atoms with van der Waals surface area (Å²) in [5.74, 6) is 0. The average molecular weight is 203 g/mol. The highest BCUT2D eigenvalue weighted by atomic mass is 16.1. The van der Waals surface area contributed by atoms with Crippen LogP contribution in [0.1, 0.15) is 13.8 Å². The fourth-order valence-corrected chi connectivity index (χ4v) is 1.13. The Kier molecular flexibility index (Phi) is 2.24. The third kappa shape index (κ3) is 1.74. The van der Waals surface area contributed by atoms with Gasteiger partial charge in [-0.2, -0.15) is 9.78 Å². The van der Waals surface area contributed by atoms with Crippen LogP contribution >= 0.6 is 0 Å². The molecule has 0 aliphatic heterocycles. The van der Waals surface area contributed by atoms with E-state index >= 15 is 0 Å². The summed E-state index contributed by atoms with van der Waals surface area (Å²) in [6.45, 7) is 3.60. The molecule has 0 aromatic carbocycles. The smallest absolute Gasteiger partial charge is 0.265 e. The molecule has 0 bridgehead atoms. The van der Waals surface area contributed by atoms with Crippen molar-refractivity contribution >= 4 is 16.9 Å². The van der Waals surface area contributed by atoms with E-state index in [0.29, 0.717) is 5.65 Å². The first-order chi connectivity index (χ1) is 7.18. The number of hydrogen-bond donors (Lipinski definition) is 0. The first kappa shape index (κ1) is 9.45. The summed E-state index contributed by atoms with van der Waals surface area (Å²) < 4.78 is 1.16. The third-order valence-electron chi connectivity index (χ3n) is 1.69. The van der Waals surface area contributed by atoms with Crippen molar-refractivity contribution in [2.24, 2.45) is 5.10 Å². The zero-order valence-electron chi connectivity index (χ0n) is 8.38. The van der Waals surface area contributed by atoms with E-state index in [-0.39, 0.29) is 11.1 Å². The van der Waals surface area contributed by atoms with Gasteiger partial charge in [-0.25, -0.2) is 15.0 Å². The molecule has 6 heteroatoms. The second-order valence-corrected chi connectivity index (χ2v) is 3.17. The fraction of sp³-hybridized carbons (Fsp3) is 0.222. The second-order valence-electron chi connectivity index (χ2n) is 3.17. The van der Waals surface area contributed by atoms with E-state index in [4.69, 9.17) is 0 Å². The molecule has 0 saturated heterocycles. The van der Waals surface area contributed by atoms with Crippen molar-refractivity contribution in [1.29, 1.82) is 0 Å². The zero-order chi connectivity index (χ0) is 10.8. The summed E-state index contributed by atoms with van der Waals surface area (Å²) in [6.07, 6.45) is 4.29. The molecule has 0 spiro atoms. The summed E-state index contributed by atoms with van der Waals surface area (Å²) in [5, 5.41) is 4.00. The Hall–Kier alpha value is -2.11. The predicted molar refractivity (Wildman–Crippen MR) is 55.8 cm³/mol. The van der Waals surface area contributed by atoms with Gasteiger partial charge in [-0.1, -0.05) is 0 Å². The van der Waals surface area contributed by atoms with Crippen LogP contribution in [-0.4, -0.2) is 25.3 Å². The van der Waals surface area contributed by atoms with E-state index < -0.39 is 0 Å². The van der Waals surface area contributed by atoms with E-state index in [9.17, 15) is 4.79 Å². The lowest BCUT2D eigenvalue weighted by atomic mass is 10.5. The maximum atomic E-state index is 11.8. The van der Waals surface area contributed by atoms with E-state index in [0.717, 1.165) is 10.4 Å². The lowest BCUT2D eigenvalue weighted by Gasteiger charge is -1.99. The van der Waals surface area contributed by atoms with Crippen LogP contribution in [0.25, 0.3) is 11.2 Å². The first-order valence-corrected chi connectivity index (χ1v) is 4.39. The molecule has 2 rings (SSSR count). The molecule has 0 atom stereocenters. The number of aromatic nitrogens is 4. The summed E-state index contributed by atoms with van der Waals surface area (Å²) in [5.41, 5.74) is 1.02. The molecular formula is C9H9N5O. The molecule has 0 N–H and O–H groups in total. The summed E-state index contributed by atoms with van der Waals surface area (Å²) >= 11 is 0. The third-order valence-corrected chi connectivity index (χ3v) is 1.69. The highest BCUT2D eigenvalue weighted by Crippen LogP contribution is 1.96. The normalized spacial score (nSPS) is 10.3. The lowest BCUT2D eigenvalue weighted by Crippen LogP contribution is -2.19. The molecule has 0 saturated carbocycles. The van der Waals surface area contributed by atoms with Crippen LogP contribution in [0.5, 0.6) is 0 Å². The standard InChI is InChI=1S/C9H9N5O/c1-6(2)13-14-5-12-8-7(9(14)15)10-3-4-11-8/h3-5H,1-2H3. The van der Waals surface area contributed by atoms with Gasteiger partial charge in [0.05, 0.1) is 0 Å². The van der Waals surface area contributed by atoms with Crippen molar-refractivity contribution in [3.8, 4) is 0 Å². The molecule has 0 radical (unpaired) electrons. The minimum Gasteiger partial charge on any atom is -0.265 e. The van der Waals surface area contributed by atoms with Crippen LogP contribution in [0.15, 0.2) is 28.6 Å². The van der Waals surface area contributed by atoms with Gasteiger partial charge in [0.1, 0.15) is 6.33 Å². The molecule has 0 amide bonds. The molecule has 6 nitrogen and oxygen atoms in total. The van der Waals surface area contributed by atoms with E-state index in [1.807, 2.05) is 0 Å². The highest BCUT2D eigenvalue weighted by molar-refractivity contribution is 5.79. The number of rotatable bonds is 1. The molecule has 0 aliphatic carbocycles. The zero-order valence-corrected chi connectivity index (χ0v) is 8.38. The largest absolute Gasteiger partial charge is 0.302 e. The average Bonchev–Trinajstić information content (AvgIpc) is 2.22. The van der Waals surface area contributed by atoms with Gasteiger partial charge in [-0.3, -0.25) is 4.79 Å². The Balaban J connectivity index is 2.77. The van der Waals surface area contributed by atoms with Gasteiger partial charge in [0.25, 0.3) is 0 Å². The van der Waals surface area contributed by atoms with Crippen LogP contribution in [-0.2, 0) is 0 Å². The van der Waals surface area contributed by atoms with Crippen molar-refractivity contribution in [2.75, 3.05) is 0 Å². The van der Waals surface area contributed by atoms with Crippen LogP contribution in [0.2, 0.25) is 0 Å². The van der Waals surface area contributed by atoms with Gasteiger partial charge in [0, 0.05) is 18.1 Å². The van der Waals surface area contributed by atoms with E-state index in [1.54, 1.807) is 13.8 Å². The molecule has 2 aromatic heterocycles. The van der Waals surface area contributed by atoms with Crippen LogP contribution < -0.4 is 5.56 Å². The Morgan fingerprint density at radius 2 is 2.00 bits per heavy atom. The minimum absolute atomic E-state index is 0.227. The molecule has 76 valence electrons. The van der Waals surface area contributed by atoms with Gasteiger partial charge in [0.15, 0.2) is 11.2 Å². The second kappa shape index (κ2) is 3.56.